The van der Waals surface area contributed by atoms with E-state index in [4.69, 9.17) is 0 Å². The Hall–Kier alpha value is 0.0600. The second-order valence-corrected chi connectivity index (χ2v) is 6.32. The van der Waals surface area contributed by atoms with Gasteiger partial charge in [-0.2, -0.15) is 0 Å². The minimum atomic E-state index is -0.211. The number of rotatable bonds is 1. The van der Waals surface area contributed by atoms with E-state index in [-0.39, 0.29) is 35.0 Å². The maximum absolute atomic E-state index is 2.38. The zero-order chi connectivity index (χ0) is 8.55. The summed E-state index contributed by atoms with van der Waals surface area (Å²) in [7, 11) is -0.211. The Morgan fingerprint density at radius 3 is 2.54 bits per heavy atom. The molecule has 0 bridgehead atoms. The number of benzene rings is 1. The Morgan fingerprint density at radius 2 is 1.85 bits per heavy atom. The molecule has 1 atom stereocenters. The van der Waals surface area contributed by atoms with Crippen LogP contribution in [-0.2, 0) is 26.2 Å². The van der Waals surface area contributed by atoms with Crippen molar-refractivity contribution < 1.29 is 26.2 Å². The second-order valence-electron chi connectivity index (χ2n) is 3.54. The molecule has 1 aliphatic rings. The molecular formula is C11H13SiZr. The van der Waals surface area contributed by atoms with Crippen LogP contribution >= 0.6 is 0 Å². The van der Waals surface area contributed by atoms with E-state index in [1.165, 1.54) is 11.1 Å². The summed E-state index contributed by atoms with van der Waals surface area (Å²) in [5, 5.41) is 0. The molecule has 1 unspecified atom stereocenters. The van der Waals surface area contributed by atoms with Crippen molar-refractivity contribution >= 4 is 14.9 Å². The van der Waals surface area contributed by atoms with Gasteiger partial charge in [0.15, 0.2) is 0 Å². The van der Waals surface area contributed by atoms with E-state index in [1.807, 2.05) is 0 Å². The second kappa shape index (κ2) is 4.52. The van der Waals surface area contributed by atoms with Crippen molar-refractivity contribution in [2.45, 2.75) is 18.6 Å². The molecule has 0 fully saturated rings. The van der Waals surface area contributed by atoms with Gasteiger partial charge in [0.05, 0.1) is 8.80 Å². The largest absolute Gasteiger partial charge is 0.0794 e. The van der Waals surface area contributed by atoms with Gasteiger partial charge in [0, 0.05) is 26.2 Å². The molecule has 0 N–H and O–H groups in total. The van der Waals surface area contributed by atoms with Crippen LogP contribution < -0.4 is 0 Å². The van der Waals surface area contributed by atoms with Crippen LogP contribution in [0.4, 0.5) is 0 Å². The smallest absolute Gasteiger partial charge is 0.0548 e. The van der Waals surface area contributed by atoms with Gasteiger partial charge in [0.1, 0.15) is 0 Å². The van der Waals surface area contributed by atoms with E-state index >= 15 is 0 Å². The third-order valence-electron chi connectivity index (χ3n) is 2.42. The summed E-state index contributed by atoms with van der Waals surface area (Å²) in [4.78, 5) is 0. The molecule has 0 heterocycles. The molecule has 1 aromatic carbocycles. The molecule has 2 heteroatoms. The fraction of sp³-hybridized carbons (Fsp3) is 0.273. The van der Waals surface area contributed by atoms with E-state index in [1.54, 1.807) is 0 Å². The molecular weight excluding hydrogens is 251 g/mol. The molecule has 0 saturated heterocycles. The molecule has 0 aliphatic heterocycles. The predicted molar refractivity (Wildman–Crippen MR) is 55.7 cm³/mol. The Labute approximate surface area is 101 Å². The third kappa shape index (κ3) is 2.11. The summed E-state index contributed by atoms with van der Waals surface area (Å²) in [6.07, 6.45) is 4.62. The Morgan fingerprint density at radius 1 is 1.15 bits per heavy atom. The average Bonchev–Trinajstić information content (AvgIpc) is 2.47. The van der Waals surface area contributed by atoms with Gasteiger partial charge >= 0.3 is 0 Å². The van der Waals surface area contributed by atoms with Crippen LogP contribution in [0.2, 0.25) is 13.1 Å². The minimum Gasteiger partial charge on any atom is -0.0794 e. The van der Waals surface area contributed by atoms with E-state index in [2.05, 4.69) is 49.5 Å². The molecule has 1 aromatic rings. The fourth-order valence-corrected chi connectivity index (χ4v) is 3.12. The number of hydrogen-bond acceptors (Lipinski definition) is 0. The Kier molecular flexibility index (Phi) is 3.87. The summed E-state index contributed by atoms with van der Waals surface area (Å²) >= 11 is 0. The first kappa shape index (κ1) is 11.1. The first-order chi connectivity index (χ1) is 5.79. The van der Waals surface area contributed by atoms with Crippen molar-refractivity contribution in [2.75, 3.05) is 0 Å². The summed E-state index contributed by atoms with van der Waals surface area (Å²) in [6.45, 7) is 4.75. The molecule has 0 nitrogen and oxygen atoms in total. The van der Waals surface area contributed by atoms with E-state index < -0.39 is 0 Å². The van der Waals surface area contributed by atoms with Gasteiger partial charge in [-0.1, -0.05) is 49.5 Å². The molecule has 1 aliphatic carbocycles. The van der Waals surface area contributed by atoms with E-state index in [9.17, 15) is 0 Å². The molecule has 65 valence electrons. The summed E-state index contributed by atoms with van der Waals surface area (Å²) in [6, 6.07) is 8.72. The SMILES string of the molecule is C[Si](C)C1C=Cc2ccccc21.[Zr]. The third-order valence-corrected chi connectivity index (χ3v) is 4.17. The van der Waals surface area contributed by atoms with Crippen molar-refractivity contribution in [3.8, 4) is 0 Å². The van der Waals surface area contributed by atoms with Gasteiger partial charge in [0.2, 0.25) is 0 Å². The van der Waals surface area contributed by atoms with Crippen molar-refractivity contribution in [1.29, 1.82) is 0 Å². The summed E-state index contributed by atoms with van der Waals surface area (Å²) in [5.74, 6) is 0. The van der Waals surface area contributed by atoms with Crippen LogP contribution in [0.15, 0.2) is 30.3 Å². The van der Waals surface area contributed by atoms with E-state index in [0.717, 1.165) is 5.54 Å². The van der Waals surface area contributed by atoms with Crippen LogP contribution in [0.25, 0.3) is 6.08 Å². The van der Waals surface area contributed by atoms with Crippen molar-refractivity contribution in [2.24, 2.45) is 0 Å². The Bertz CT molecular complexity index is 318. The Balaban J connectivity index is 0.000000845. The van der Waals surface area contributed by atoms with Crippen LogP contribution in [0.3, 0.4) is 0 Å². The average molecular weight is 265 g/mol. The molecule has 13 heavy (non-hydrogen) atoms. The van der Waals surface area contributed by atoms with Gasteiger partial charge in [-0.3, -0.25) is 0 Å². The topological polar surface area (TPSA) is 0 Å². The molecule has 2 rings (SSSR count). The number of allylic oxidation sites excluding steroid dienone is 1. The predicted octanol–water partition coefficient (Wildman–Crippen LogP) is 3.09. The van der Waals surface area contributed by atoms with Gasteiger partial charge in [0.25, 0.3) is 0 Å². The van der Waals surface area contributed by atoms with Crippen molar-refractivity contribution in [1.82, 2.24) is 0 Å². The van der Waals surface area contributed by atoms with Crippen molar-refractivity contribution in [3.05, 3.63) is 41.5 Å². The van der Waals surface area contributed by atoms with Gasteiger partial charge < -0.3 is 0 Å². The van der Waals surface area contributed by atoms with Gasteiger partial charge in [-0.25, -0.2) is 0 Å². The number of hydrogen-bond donors (Lipinski definition) is 0. The fourth-order valence-electron chi connectivity index (χ4n) is 1.75. The quantitative estimate of drug-likeness (QED) is 0.684. The zero-order valence-corrected chi connectivity index (χ0v) is 11.5. The molecule has 0 saturated carbocycles. The van der Waals surface area contributed by atoms with Crippen LogP contribution in [0.5, 0.6) is 0 Å². The molecule has 0 amide bonds. The summed E-state index contributed by atoms with van der Waals surface area (Å²) < 4.78 is 0. The molecule has 0 spiro atoms. The number of fused-ring (bicyclic) bond motifs is 1. The maximum atomic E-state index is 2.38. The minimum absolute atomic E-state index is 0. The normalized spacial score (nSPS) is 18.5. The van der Waals surface area contributed by atoms with E-state index in [0.29, 0.717) is 0 Å². The van der Waals surface area contributed by atoms with Gasteiger partial charge in [-0.15, -0.1) is 0 Å². The zero-order valence-electron chi connectivity index (χ0n) is 8.04. The van der Waals surface area contributed by atoms with Crippen LogP contribution in [0.1, 0.15) is 16.7 Å². The van der Waals surface area contributed by atoms with Gasteiger partial charge in [-0.05, 0) is 16.7 Å². The van der Waals surface area contributed by atoms with Crippen molar-refractivity contribution in [3.63, 3.8) is 0 Å². The molecule has 0 aromatic heterocycles. The standard InChI is InChI=1S/C11H13Si.Zr/c1-12(2)11-8-7-9-5-3-4-6-10(9)11;/h3-8,11H,1-2H3;. The monoisotopic (exact) mass is 263 g/mol. The summed E-state index contributed by atoms with van der Waals surface area (Å²) in [5.41, 5.74) is 3.70. The molecule has 1 radical (unpaired) electrons. The first-order valence-electron chi connectivity index (χ1n) is 4.36. The van der Waals surface area contributed by atoms with Crippen LogP contribution in [-0.4, -0.2) is 8.80 Å². The maximum Gasteiger partial charge on any atom is 0.0548 e. The first-order valence-corrected chi connectivity index (χ1v) is 6.94. The van der Waals surface area contributed by atoms with Crippen LogP contribution in [0, 0.1) is 0 Å².